The first-order valence-electron chi connectivity index (χ1n) is 7.78. The van der Waals surface area contributed by atoms with Crippen LogP contribution in [0, 0.1) is 6.92 Å². The molecule has 0 saturated heterocycles. The van der Waals surface area contributed by atoms with Gasteiger partial charge in [-0.25, -0.2) is 0 Å². The summed E-state index contributed by atoms with van der Waals surface area (Å²) in [6.45, 7) is 1.98. The monoisotopic (exact) mass is 356 g/mol. The molecule has 0 unspecified atom stereocenters. The lowest BCUT2D eigenvalue weighted by molar-refractivity contribution is 0.0949. The first-order chi connectivity index (χ1) is 12.0. The van der Waals surface area contributed by atoms with Crippen LogP contribution in [0.1, 0.15) is 27.0 Å². The zero-order valence-corrected chi connectivity index (χ0v) is 14.4. The molecule has 0 aliphatic carbocycles. The molecule has 2 aromatic carbocycles. The van der Waals surface area contributed by atoms with Gasteiger partial charge in [0.25, 0.3) is 5.91 Å². The minimum absolute atomic E-state index is 0.0379. The predicted octanol–water partition coefficient (Wildman–Crippen LogP) is 2.91. The van der Waals surface area contributed by atoms with E-state index in [1.54, 1.807) is 24.3 Å². The first-order valence-corrected chi connectivity index (χ1v) is 8.16. The van der Waals surface area contributed by atoms with Crippen molar-refractivity contribution in [1.82, 2.24) is 10.3 Å². The molecule has 0 saturated carbocycles. The van der Waals surface area contributed by atoms with Crippen LogP contribution in [0.5, 0.6) is 0 Å². The van der Waals surface area contributed by atoms with Crippen LogP contribution in [-0.4, -0.2) is 16.0 Å². The molecule has 25 heavy (non-hydrogen) atoms. The third kappa shape index (κ3) is 3.57. The van der Waals surface area contributed by atoms with Crippen molar-refractivity contribution < 1.29 is 9.90 Å². The van der Waals surface area contributed by atoms with Crippen molar-refractivity contribution in [2.24, 2.45) is 0 Å². The highest BCUT2D eigenvalue weighted by Crippen LogP contribution is 2.17. The van der Waals surface area contributed by atoms with Gasteiger partial charge in [-0.3, -0.25) is 9.59 Å². The summed E-state index contributed by atoms with van der Waals surface area (Å²) < 4.78 is 0. The maximum Gasteiger partial charge on any atom is 0.257 e. The van der Waals surface area contributed by atoms with Crippen molar-refractivity contribution in [3.63, 3.8) is 0 Å². The van der Waals surface area contributed by atoms with E-state index in [2.05, 4.69) is 10.3 Å². The maximum absolute atomic E-state index is 12.7. The molecule has 1 amide bonds. The average molecular weight is 357 g/mol. The van der Waals surface area contributed by atoms with Crippen molar-refractivity contribution >= 4 is 28.4 Å². The number of aliphatic hydroxyl groups excluding tert-OH is 1. The summed E-state index contributed by atoms with van der Waals surface area (Å²) in [4.78, 5) is 28.1. The molecule has 128 valence electrons. The standard InChI is InChI=1S/C19H17ClN2O3/c1-11-6-13(10-23)7-15-17(11)21-9-16(18(15)24)19(25)22-8-12-2-4-14(20)5-3-12/h2-7,9,23H,8,10H2,1H3,(H,21,24)(H,22,25). The van der Waals surface area contributed by atoms with Gasteiger partial charge in [-0.05, 0) is 41.8 Å². The molecule has 3 N–H and O–H groups in total. The average Bonchev–Trinajstić information content (AvgIpc) is 2.61. The second kappa shape index (κ2) is 7.09. The van der Waals surface area contributed by atoms with Crippen LogP contribution < -0.4 is 10.7 Å². The Bertz CT molecular complexity index is 994. The van der Waals surface area contributed by atoms with Crippen molar-refractivity contribution in [3.05, 3.63) is 80.1 Å². The molecular formula is C19H17ClN2O3. The molecule has 3 rings (SSSR count). The van der Waals surface area contributed by atoms with Gasteiger partial charge in [-0.1, -0.05) is 29.8 Å². The topological polar surface area (TPSA) is 82.2 Å². The summed E-state index contributed by atoms with van der Waals surface area (Å²) in [6, 6.07) is 10.5. The van der Waals surface area contributed by atoms with E-state index in [-0.39, 0.29) is 17.6 Å². The van der Waals surface area contributed by atoms with E-state index in [0.29, 0.717) is 28.0 Å². The van der Waals surface area contributed by atoms with Crippen LogP contribution >= 0.6 is 11.6 Å². The highest BCUT2D eigenvalue weighted by molar-refractivity contribution is 6.30. The predicted molar refractivity (Wildman–Crippen MR) is 97.9 cm³/mol. The molecule has 1 heterocycles. The Morgan fingerprint density at radius 2 is 1.92 bits per heavy atom. The molecule has 0 fully saturated rings. The maximum atomic E-state index is 12.7. The Morgan fingerprint density at radius 1 is 1.20 bits per heavy atom. The molecule has 0 radical (unpaired) electrons. The van der Waals surface area contributed by atoms with Gasteiger partial charge in [0.1, 0.15) is 5.56 Å². The Hall–Kier alpha value is -2.63. The number of H-pyrrole nitrogens is 1. The number of halogens is 1. The van der Waals surface area contributed by atoms with Gasteiger partial charge < -0.3 is 15.4 Å². The summed E-state index contributed by atoms with van der Waals surface area (Å²) in [5, 5.41) is 13.1. The second-order valence-corrected chi connectivity index (χ2v) is 6.27. The number of aryl methyl sites for hydroxylation is 1. The van der Waals surface area contributed by atoms with Gasteiger partial charge in [-0.2, -0.15) is 0 Å². The third-order valence-corrected chi connectivity index (χ3v) is 4.29. The number of hydrogen-bond acceptors (Lipinski definition) is 3. The van der Waals surface area contributed by atoms with Crippen LogP contribution in [0.15, 0.2) is 47.4 Å². The zero-order chi connectivity index (χ0) is 18.0. The van der Waals surface area contributed by atoms with Gasteiger partial charge in [0.05, 0.1) is 12.1 Å². The number of carbonyl (C=O) groups excluding carboxylic acids is 1. The number of carbonyl (C=O) groups is 1. The van der Waals surface area contributed by atoms with Crippen LogP contribution in [0.2, 0.25) is 5.02 Å². The summed E-state index contributed by atoms with van der Waals surface area (Å²) >= 11 is 5.83. The Balaban J connectivity index is 1.90. The number of aliphatic hydroxyl groups is 1. The molecule has 0 atom stereocenters. The van der Waals surface area contributed by atoms with E-state index < -0.39 is 5.91 Å². The number of aromatic amines is 1. The quantitative estimate of drug-likeness (QED) is 0.672. The number of benzene rings is 2. The Morgan fingerprint density at radius 3 is 2.60 bits per heavy atom. The minimum atomic E-state index is -0.454. The molecule has 0 aliphatic rings. The van der Waals surface area contributed by atoms with E-state index in [1.807, 2.05) is 19.1 Å². The number of hydrogen-bond donors (Lipinski definition) is 3. The van der Waals surface area contributed by atoms with E-state index in [1.165, 1.54) is 6.20 Å². The lowest BCUT2D eigenvalue weighted by Crippen LogP contribution is -2.28. The zero-order valence-electron chi connectivity index (χ0n) is 13.6. The smallest absolute Gasteiger partial charge is 0.257 e. The van der Waals surface area contributed by atoms with Crippen LogP contribution in [-0.2, 0) is 13.2 Å². The number of rotatable bonds is 4. The summed E-state index contributed by atoms with van der Waals surface area (Å²) in [6.07, 6.45) is 1.42. The van der Waals surface area contributed by atoms with Crippen molar-refractivity contribution in [1.29, 1.82) is 0 Å². The van der Waals surface area contributed by atoms with Crippen molar-refractivity contribution in [3.8, 4) is 0 Å². The van der Waals surface area contributed by atoms with Crippen molar-refractivity contribution in [2.45, 2.75) is 20.1 Å². The number of nitrogens with one attached hydrogen (secondary N) is 2. The normalized spacial score (nSPS) is 10.8. The van der Waals surface area contributed by atoms with Gasteiger partial charge in [-0.15, -0.1) is 0 Å². The van der Waals surface area contributed by atoms with Crippen LogP contribution in [0.25, 0.3) is 10.9 Å². The van der Waals surface area contributed by atoms with Crippen LogP contribution in [0.4, 0.5) is 0 Å². The van der Waals surface area contributed by atoms with Gasteiger partial charge in [0.15, 0.2) is 0 Å². The minimum Gasteiger partial charge on any atom is -0.392 e. The molecular weight excluding hydrogens is 340 g/mol. The van der Waals surface area contributed by atoms with E-state index in [9.17, 15) is 14.7 Å². The molecule has 0 spiro atoms. The number of pyridine rings is 1. The van der Waals surface area contributed by atoms with Gasteiger partial charge in [0.2, 0.25) is 5.43 Å². The second-order valence-electron chi connectivity index (χ2n) is 5.83. The Kier molecular flexibility index (Phi) is 4.88. The van der Waals surface area contributed by atoms with E-state index in [0.717, 1.165) is 11.1 Å². The molecule has 5 nitrogen and oxygen atoms in total. The molecule has 0 bridgehead atoms. The van der Waals surface area contributed by atoms with E-state index in [4.69, 9.17) is 11.6 Å². The molecule has 3 aromatic rings. The first kappa shape index (κ1) is 17.2. The molecule has 0 aliphatic heterocycles. The largest absolute Gasteiger partial charge is 0.392 e. The lowest BCUT2D eigenvalue weighted by Gasteiger charge is -2.09. The Labute approximate surface area is 149 Å². The summed E-state index contributed by atoms with van der Waals surface area (Å²) in [5.74, 6) is -0.454. The fraction of sp³-hybridized carbons (Fsp3) is 0.158. The summed E-state index contributed by atoms with van der Waals surface area (Å²) in [5.41, 5.74) is 2.70. The number of amides is 1. The number of fused-ring (bicyclic) bond motifs is 1. The van der Waals surface area contributed by atoms with Gasteiger partial charge in [0, 0.05) is 23.2 Å². The molecule has 1 aromatic heterocycles. The third-order valence-electron chi connectivity index (χ3n) is 4.04. The SMILES string of the molecule is Cc1cc(CO)cc2c(=O)c(C(=O)NCc3ccc(Cl)cc3)c[nH]c12. The fourth-order valence-electron chi connectivity index (χ4n) is 2.73. The highest BCUT2D eigenvalue weighted by atomic mass is 35.5. The highest BCUT2D eigenvalue weighted by Gasteiger charge is 2.14. The van der Waals surface area contributed by atoms with E-state index >= 15 is 0 Å². The van der Waals surface area contributed by atoms with Crippen LogP contribution in [0.3, 0.4) is 0 Å². The summed E-state index contributed by atoms with van der Waals surface area (Å²) in [7, 11) is 0. The fourth-order valence-corrected chi connectivity index (χ4v) is 2.85. The van der Waals surface area contributed by atoms with Crippen molar-refractivity contribution in [2.75, 3.05) is 0 Å². The lowest BCUT2D eigenvalue weighted by atomic mass is 10.0. The molecule has 6 heteroatoms. The van der Waals surface area contributed by atoms with Gasteiger partial charge >= 0.3 is 0 Å². The number of aromatic nitrogens is 1.